The normalized spacial score (nSPS) is 16.1. The lowest BCUT2D eigenvalue weighted by Gasteiger charge is -2.27. The summed E-state index contributed by atoms with van der Waals surface area (Å²) in [4.78, 5) is 28.2. The molecule has 1 unspecified atom stereocenters. The Hall–Kier alpha value is -4.73. The molecule has 1 N–H and O–H groups in total. The first-order chi connectivity index (χ1) is 19.3. The number of nitrogens with zero attached hydrogens (tertiary/aromatic N) is 1. The lowest BCUT2D eigenvalue weighted by atomic mass is 9.94. The molecular formula is C30H30FNO8. The van der Waals surface area contributed by atoms with E-state index in [9.17, 15) is 19.1 Å². The summed E-state index contributed by atoms with van der Waals surface area (Å²) < 4.78 is 42.0. The monoisotopic (exact) mass is 551 g/mol. The van der Waals surface area contributed by atoms with Crippen molar-refractivity contribution in [2.75, 3.05) is 39.4 Å². The topological polar surface area (TPSA) is 104 Å². The second-order valence-corrected chi connectivity index (χ2v) is 8.63. The van der Waals surface area contributed by atoms with E-state index in [0.29, 0.717) is 23.7 Å². The van der Waals surface area contributed by atoms with Crippen LogP contribution in [0.15, 0.2) is 60.2 Å². The zero-order valence-electron chi connectivity index (χ0n) is 22.8. The molecule has 1 aliphatic heterocycles. The number of amides is 1. The zero-order chi connectivity index (χ0) is 29.0. The van der Waals surface area contributed by atoms with E-state index < -0.39 is 29.3 Å². The SMILES string of the molecule is CCOc1ccc(/C(O)=C2\C(=O)C(=O)N(c3cccc(F)c3)C2c2cc(OC)c(OC)c(OC)c2)c(OCC)c1. The van der Waals surface area contributed by atoms with E-state index in [1.54, 1.807) is 37.3 Å². The van der Waals surface area contributed by atoms with Gasteiger partial charge in [0.05, 0.1) is 51.7 Å². The van der Waals surface area contributed by atoms with Gasteiger partial charge in [0.15, 0.2) is 11.5 Å². The van der Waals surface area contributed by atoms with Gasteiger partial charge in [0.1, 0.15) is 23.1 Å². The van der Waals surface area contributed by atoms with Crippen molar-refractivity contribution in [3.8, 4) is 28.7 Å². The van der Waals surface area contributed by atoms with E-state index in [4.69, 9.17) is 23.7 Å². The fraction of sp³-hybridized carbons (Fsp3) is 0.267. The van der Waals surface area contributed by atoms with Crippen molar-refractivity contribution in [3.05, 3.63) is 77.1 Å². The average molecular weight is 552 g/mol. The maximum atomic E-state index is 14.3. The Bertz CT molecular complexity index is 1440. The van der Waals surface area contributed by atoms with Gasteiger partial charge in [-0.1, -0.05) is 6.07 Å². The molecule has 1 heterocycles. The van der Waals surface area contributed by atoms with Crippen LogP contribution in [0.3, 0.4) is 0 Å². The van der Waals surface area contributed by atoms with Crippen LogP contribution < -0.4 is 28.6 Å². The Morgan fingerprint density at radius 1 is 0.875 bits per heavy atom. The van der Waals surface area contributed by atoms with Crippen LogP contribution in [0.4, 0.5) is 10.1 Å². The van der Waals surface area contributed by atoms with E-state index in [1.807, 2.05) is 6.92 Å². The van der Waals surface area contributed by atoms with Gasteiger partial charge in [-0.05, 0) is 61.9 Å². The summed E-state index contributed by atoms with van der Waals surface area (Å²) in [5.41, 5.74) is 0.425. The molecule has 40 heavy (non-hydrogen) atoms. The number of carbonyl (C=O) groups is 2. The van der Waals surface area contributed by atoms with Gasteiger partial charge >= 0.3 is 0 Å². The summed E-state index contributed by atoms with van der Waals surface area (Å²) >= 11 is 0. The first-order valence-electron chi connectivity index (χ1n) is 12.6. The van der Waals surface area contributed by atoms with Gasteiger partial charge in [-0.15, -0.1) is 0 Å². The predicted octanol–water partition coefficient (Wildman–Crippen LogP) is 5.28. The summed E-state index contributed by atoms with van der Waals surface area (Å²) in [7, 11) is 4.30. The molecule has 1 atom stereocenters. The van der Waals surface area contributed by atoms with Crippen LogP contribution in [0.2, 0.25) is 0 Å². The van der Waals surface area contributed by atoms with Crippen molar-refractivity contribution in [3.63, 3.8) is 0 Å². The lowest BCUT2D eigenvalue weighted by Crippen LogP contribution is -2.29. The summed E-state index contributed by atoms with van der Waals surface area (Å²) in [6.45, 7) is 4.29. The minimum atomic E-state index is -1.18. The highest BCUT2D eigenvalue weighted by Crippen LogP contribution is 2.48. The number of carbonyl (C=O) groups excluding carboxylic acids is 2. The second-order valence-electron chi connectivity index (χ2n) is 8.63. The molecule has 210 valence electrons. The molecule has 4 rings (SSSR count). The third kappa shape index (κ3) is 5.12. The molecule has 1 amide bonds. The molecule has 0 aliphatic carbocycles. The van der Waals surface area contributed by atoms with E-state index in [0.717, 1.165) is 11.0 Å². The molecule has 1 saturated heterocycles. The fourth-order valence-corrected chi connectivity index (χ4v) is 4.67. The van der Waals surface area contributed by atoms with Crippen LogP contribution in [0.5, 0.6) is 28.7 Å². The Kier molecular flexibility index (Phi) is 8.47. The third-order valence-electron chi connectivity index (χ3n) is 6.35. The highest BCUT2D eigenvalue weighted by molar-refractivity contribution is 6.51. The number of benzene rings is 3. The summed E-state index contributed by atoms with van der Waals surface area (Å²) in [6, 6.07) is 12.0. The summed E-state index contributed by atoms with van der Waals surface area (Å²) in [5.74, 6) is -1.41. The first-order valence-corrected chi connectivity index (χ1v) is 12.6. The van der Waals surface area contributed by atoms with Gasteiger partial charge in [0, 0.05) is 11.8 Å². The average Bonchev–Trinajstić information content (AvgIpc) is 3.22. The number of aliphatic hydroxyl groups excluding tert-OH is 1. The van der Waals surface area contributed by atoms with Crippen LogP contribution in [-0.4, -0.2) is 51.3 Å². The number of rotatable bonds is 10. The molecule has 0 bridgehead atoms. The van der Waals surface area contributed by atoms with Crippen LogP contribution in [0.1, 0.15) is 31.0 Å². The number of halogens is 1. The van der Waals surface area contributed by atoms with E-state index in [1.165, 1.54) is 39.5 Å². The van der Waals surface area contributed by atoms with Gasteiger partial charge in [-0.3, -0.25) is 14.5 Å². The maximum absolute atomic E-state index is 14.3. The van der Waals surface area contributed by atoms with Gasteiger partial charge in [0.25, 0.3) is 11.7 Å². The smallest absolute Gasteiger partial charge is 0.300 e. The number of anilines is 1. The van der Waals surface area contributed by atoms with Crippen molar-refractivity contribution < 1.29 is 42.8 Å². The molecule has 0 radical (unpaired) electrons. The summed E-state index contributed by atoms with van der Waals surface area (Å²) in [6.07, 6.45) is 0. The molecule has 1 aliphatic rings. The molecule has 3 aromatic rings. The minimum Gasteiger partial charge on any atom is -0.507 e. The zero-order valence-corrected chi connectivity index (χ0v) is 22.8. The largest absolute Gasteiger partial charge is 0.507 e. The number of ether oxygens (including phenoxy) is 5. The number of hydrogen-bond acceptors (Lipinski definition) is 8. The molecule has 0 spiro atoms. The van der Waals surface area contributed by atoms with Gasteiger partial charge < -0.3 is 28.8 Å². The van der Waals surface area contributed by atoms with Crippen LogP contribution >= 0.6 is 0 Å². The predicted molar refractivity (Wildman–Crippen MR) is 146 cm³/mol. The van der Waals surface area contributed by atoms with Crippen molar-refractivity contribution in [2.24, 2.45) is 0 Å². The first kappa shape index (κ1) is 28.3. The standard InChI is InChI=1S/C30H30FNO8/c1-6-39-20-11-12-21(22(16-20)40-7-2)27(33)25-26(17-13-23(36-3)29(38-5)24(14-17)37-4)32(30(35)28(25)34)19-10-8-9-18(31)15-19/h8-16,26,33H,6-7H2,1-5H3/b27-25+. The van der Waals surface area contributed by atoms with Gasteiger partial charge in [-0.2, -0.15) is 0 Å². The lowest BCUT2D eigenvalue weighted by molar-refractivity contribution is -0.132. The molecule has 0 saturated carbocycles. The minimum absolute atomic E-state index is 0.122. The Labute approximate surface area is 231 Å². The Morgan fingerprint density at radius 3 is 2.12 bits per heavy atom. The number of Topliss-reactive ketones (excluding diaryl/α,β-unsaturated/α-hetero) is 1. The number of methoxy groups -OCH3 is 3. The molecule has 3 aromatic carbocycles. The van der Waals surface area contributed by atoms with E-state index >= 15 is 0 Å². The highest BCUT2D eigenvalue weighted by atomic mass is 19.1. The number of aliphatic hydroxyl groups is 1. The highest BCUT2D eigenvalue weighted by Gasteiger charge is 2.48. The molecule has 10 heteroatoms. The molecule has 0 aromatic heterocycles. The van der Waals surface area contributed by atoms with Crippen LogP contribution in [0, 0.1) is 5.82 Å². The second kappa shape index (κ2) is 12.0. The third-order valence-corrected chi connectivity index (χ3v) is 6.35. The Morgan fingerprint density at radius 2 is 1.55 bits per heavy atom. The maximum Gasteiger partial charge on any atom is 0.300 e. The van der Waals surface area contributed by atoms with Crippen molar-refractivity contribution in [1.82, 2.24) is 0 Å². The number of ketones is 1. The fourth-order valence-electron chi connectivity index (χ4n) is 4.67. The number of hydrogen-bond donors (Lipinski definition) is 1. The Balaban J connectivity index is 2.02. The van der Waals surface area contributed by atoms with Crippen molar-refractivity contribution in [2.45, 2.75) is 19.9 Å². The van der Waals surface area contributed by atoms with Crippen LogP contribution in [-0.2, 0) is 9.59 Å². The quantitative estimate of drug-likeness (QED) is 0.206. The molecule has 9 nitrogen and oxygen atoms in total. The van der Waals surface area contributed by atoms with Crippen molar-refractivity contribution in [1.29, 1.82) is 0 Å². The molecule has 1 fully saturated rings. The molecular weight excluding hydrogens is 521 g/mol. The van der Waals surface area contributed by atoms with Gasteiger partial charge in [0.2, 0.25) is 5.75 Å². The van der Waals surface area contributed by atoms with Gasteiger partial charge in [-0.25, -0.2) is 4.39 Å². The van der Waals surface area contributed by atoms with E-state index in [2.05, 4.69) is 0 Å². The summed E-state index contributed by atoms with van der Waals surface area (Å²) in [5, 5.41) is 11.6. The van der Waals surface area contributed by atoms with Crippen LogP contribution in [0.25, 0.3) is 5.76 Å². The van der Waals surface area contributed by atoms with E-state index in [-0.39, 0.29) is 40.7 Å². The van der Waals surface area contributed by atoms with Crippen molar-refractivity contribution >= 4 is 23.1 Å².